The Morgan fingerprint density at radius 1 is 1.70 bits per heavy atom. The fourth-order valence-corrected chi connectivity index (χ4v) is 0.688. The summed E-state index contributed by atoms with van der Waals surface area (Å²) < 4.78 is 0. The molecular weight excluding hydrogens is 166 g/mol. The molecule has 0 bridgehead atoms. The van der Waals surface area contributed by atoms with E-state index in [1.54, 1.807) is 6.92 Å². The zero-order chi connectivity index (χ0) is 7.98. The van der Waals surface area contributed by atoms with Crippen molar-refractivity contribution in [2.45, 2.75) is 18.6 Å². The molecule has 1 atom stereocenters. The fourth-order valence-electron chi connectivity index (χ4n) is 0.438. The van der Waals surface area contributed by atoms with Gasteiger partial charge in [0, 0.05) is 6.54 Å². The van der Waals surface area contributed by atoms with Crippen LogP contribution in [0.4, 0.5) is 0 Å². The summed E-state index contributed by atoms with van der Waals surface area (Å²) in [6.07, 6.45) is 0.912. The summed E-state index contributed by atoms with van der Waals surface area (Å²) in [6.45, 7) is 2.45. The summed E-state index contributed by atoms with van der Waals surface area (Å²) in [5, 5.41) is 2.51. The predicted octanol–water partition coefficient (Wildman–Crippen LogP) is 0.741. The highest BCUT2D eigenvalue weighted by atomic mass is 32.1. The molecule has 1 unspecified atom stereocenters. The molecule has 0 saturated heterocycles. The molecule has 0 heterocycles. The lowest BCUT2D eigenvalue weighted by molar-refractivity contribution is -0.120. The molecule has 10 heavy (non-hydrogen) atoms. The molecule has 0 aliphatic carbocycles. The highest BCUT2D eigenvalue weighted by Crippen LogP contribution is 1.91. The minimum atomic E-state index is -0.208. The lowest BCUT2D eigenvalue weighted by Gasteiger charge is -2.04. The molecule has 0 aromatic carbocycles. The molecule has 1 amide bonds. The van der Waals surface area contributed by atoms with Gasteiger partial charge in [-0.2, -0.15) is 25.3 Å². The molecule has 0 aliphatic rings. The Bertz CT molecular complexity index is 106. The minimum absolute atomic E-state index is 0.00915. The Hall–Kier alpha value is 0.170. The first-order valence-electron chi connectivity index (χ1n) is 3.25. The van der Waals surface area contributed by atoms with Crippen LogP contribution < -0.4 is 5.32 Å². The molecule has 0 saturated carbocycles. The highest BCUT2D eigenvalue weighted by molar-refractivity contribution is 7.81. The van der Waals surface area contributed by atoms with Crippen LogP contribution >= 0.6 is 25.3 Å². The second-order valence-electron chi connectivity index (χ2n) is 2.04. The lowest BCUT2D eigenvalue weighted by Crippen LogP contribution is -2.30. The van der Waals surface area contributed by atoms with Crippen LogP contribution in [0, 0.1) is 0 Å². The average Bonchev–Trinajstić information content (AvgIpc) is 1.88. The smallest absolute Gasteiger partial charge is 0.232 e. The van der Waals surface area contributed by atoms with Gasteiger partial charge < -0.3 is 5.32 Å². The van der Waals surface area contributed by atoms with E-state index < -0.39 is 0 Å². The first-order valence-corrected chi connectivity index (χ1v) is 4.40. The first kappa shape index (κ1) is 10.2. The van der Waals surface area contributed by atoms with Crippen LogP contribution in [-0.4, -0.2) is 23.5 Å². The average molecular weight is 179 g/mol. The van der Waals surface area contributed by atoms with Gasteiger partial charge >= 0.3 is 0 Å². The molecule has 2 nitrogen and oxygen atoms in total. The van der Waals surface area contributed by atoms with Crippen molar-refractivity contribution in [3.63, 3.8) is 0 Å². The Morgan fingerprint density at radius 2 is 2.30 bits per heavy atom. The van der Waals surface area contributed by atoms with Crippen LogP contribution in [0.1, 0.15) is 13.3 Å². The lowest BCUT2D eigenvalue weighted by atomic mass is 10.4. The van der Waals surface area contributed by atoms with Gasteiger partial charge in [0.2, 0.25) is 5.91 Å². The largest absolute Gasteiger partial charge is 0.355 e. The third kappa shape index (κ3) is 4.99. The van der Waals surface area contributed by atoms with Gasteiger partial charge in [0.1, 0.15) is 0 Å². The van der Waals surface area contributed by atoms with Gasteiger partial charge in [0.05, 0.1) is 5.25 Å². The van der Waals surface area contributed by atoms with E-state index in [2.05, 4.69) is 30.6 Å². The normalized spacial score (nSPS) is 12.7. The maximum absolute atomic E-state index is 10.8. The number of amides is 1. The van der Waals surface area contributed by atoms with Crippen molar-refractivity contribution in [3.8, 4) is 0 Å². The molecule has 4 heteroatoms. The standard InChI is InChI=1S/C6H13NOS2/c1-5(10)6(8)7-3-2-4-9/h5,9-10H,2-4H2,1H3,(H,7,8). The van der Waals surface area contributed by atoms with E-state index in [-0.39, 0.29) is 11.2 Å². The third-order valence-corrected chi connectivity index (χ3v) is 1.56. The van der Waals surface area contributed by atoms with Crippen molar-refractivity contribution in [1.29, 1.82) is 0 Å². The summed E-state index contributed by atoms with van der Waals surface area (Å²) in [5.41, 5.74) is 0. The number of carbonyl (C=O) groups excluding carboxylic acids is 1. The van der Waals surface area contributed by atoms with Gasteiger partial charge in [-0.3, -0.25) is 4.79 Å². The Morgan fingerprint density at radius 3 is 2.70 bits per heavy atom. The van der Waals surface area contributed by atoms with E-state index in [9.17, 15) is 4.79 Å². The van der Waals surface area contributed by atoms with Crippen LogP contribution in [0.2, 0.25) is 0 Å². The van der Waals surface area contributed by atoms with Gasteiger partial charge in [0.25, 0.3) is 0 Å². The second kappa shape index (κ2) is 5.92. The van der Waals surface area contributed by atoms with Crippen molar-refractivity contribution in [1.82, 2.24) is 5.32 Å². The van der Waals surface area contributed by atoms with Crippen molar-refractivity contribution in [2.24, 2.45) is 0 Å². The first-order chi connectivity index (χ1) is 4.68. The van der Waals surface area contributed by atoms with Crippen molar-refractivity contribution in [2.75, 3.05) is 12.3 Å². The number of carbonyl (C=O) groups is 1. The molecule has 0 aromatic rings. The summed E-state index contributed by atoms with van der Waals surface area (Å²) >= 11 is 7.97. The molecule has 0 radical (unpaired) electrons. The number of hydrogen-bond donors (Lipinski definition) is 3. The van der Waals surface area contributed by atoms with E-state index in [0.717, 1.165) is 12.2 Å². The number of rotatable bonds is 4. The summed E-state index contributed by atoms with van der Waals surface area (Å²) in [5.74, 6) is 0.798. The molecule has 0 spiro atoms. The van der Waals surface area contributed by atoms with Crippen molar-refractivity contribution >= 4 is 31.2 Å². The van der Waals surface area contributed by atoms with Gasteiger partial charge in [0.15, 0.2) is 0 Å². The van der Waals surface area contributed by atoms with Gasteiger partial charge in [-0.25, -0.2) is 0 Å². The van der Waals surface area contributed by atoms with Crippen LogP contribution in [0.25, 0.3) is 0 Å². The Kier molecular flexibility index (Phi) is 6.02. The molecule has 1 N–H and O–H groups in total. The molecule has 0 aromatic heterocycles. The maximum Gasteiger partial charge on any atom is 0.232 e. The van der Waals surface area contributed by atoms with Gasteiger partial charge in [-0.05, 0) is 19.1 Å². The molecule has 0 fully saturated rings. The molecule has 0 rings (SSSR count). The number of thiol groups is 2. The van der Waals surface area contributed by atoms with Gasteiger partial charge in [-0.1, -0.05) is 0 Å². The Balaban J connectivity index is 3.22. The topological polar surface area (TPSA) is 29.1 Å². The molecule has 0 aliphatic heterocycles. The summed E-state index contributed by atoms with van der Waals surface area (Å²) in [4.78, 5) is 10.8. The SMILES string of the molecule is CC(S)C(=O)NCCCS. The predicted molar refractivity (Wildman–Crippen MR) is 49.9 cm³/mol. The zero-order valence-corrected chi connectivity index (χ0v) is 7.79. The highest BCUT2D eigenvalue weighted by Gasteiger charge is 2.04. The zero-order valence-electron chi connectivity index (χ0n) is 6.00. The number of nitrogens with one attached hydrogen (secondary N) is 1. The van der Waals surface area contributed by atoms with E-state index >= 15 is 0 Å². The van der Waals surface area contributed by atoms with E-state index in [1.807, 2.05) is 0 Å². The van der Waals surface area contributed by atoms with Crippen molar-refractivity contribution in [3.05, 3.63) is 0 Å². The van der Waals surface area contributed by atoms with Crippen LogP contribution in [0.3, 0.4) is 0 Å². The fraction of sp³-hybridized carbons (Fsp3) is 0.833. The molecule has 60 valence electrons. The van der Waals surface area contributed by atoms with Crippen LogP contribution in [-0.2, 0) is 4.79 Å². The third-order valence-electron chi connectivity index (χ3n) is 1.01. The minimum Gasteiger partial charge on any atom is -0.355 e. The molecular formula is C6H13NOS2. The van der Waals surface area contributed by atoms with Crippen LogP contribution in [0.5, 0.6) is 0 Å². The summed E-state index contributed by atoms with van der Waals surface area (Å²) in [6, 6.07) is 0. The quantitative estimate of drug-likeness (QED) is 0.431. The van der Waals surface area contributed by atoms with E-state index in [1.165, 1.54) is 0 Å². The summed E-state index contributed by atoms with van der Waals surface area (Å²) in [7, 11) is 0. The monoisotopic (exact) mass is 179 g/mol. The van der Waals surface area contributed by atoms with Crippen molar-refractivity contribution < 1.29 is 4.79 Å². The maximum atomic E-state index is 10.8. The number of hydrogen-bond acceptors (Lipinski definition) is 3. The Labute approximate surface area is 72.6 Å². The second-order valence-corrected chi connectivity index (χ2v) is 3.27. The van der Waals surface area contributed by atoms with E-state index in [4.69, 9.17) is 0 Å². The van der Waals surface area contributed by atoms with E-state index in [0.29, 0.717) is 6.54 Å². The van der Waals surface area contributed by atoms with Crippen LogP contribution in [0.15, 0.2) is 0 Å². The van der Waals surface area contributed by atoms with Gasteiger partial charge in [-0.15, -0.1) is 0 Å².